The van der Waals surface area contributed by atoms with Crippen molar-refractivity contribution in [1.82, 2.24) is 14.7 Å². The van der Waals surface area contributed by atoms with Crippen LogP contribution in [0.4, 0.5) is 27.6 Å². The number of methoxy groups -OCH3 is 1. The van der Waals surface area contributed by atoms with Crippen LogP contribution in [0.2, 0.25) is 0 Å². The van der Waals surface area contributed by atoms with Gasteiger partial charge < -0.3 is 29.1 Å². The number of benzene rings is 1. The first kappa shape index (κ1) is 32.2. The number of carbonyl (C=O) groups excluding carboxylic acids is 2. The standard InChI is InChI=1S/C28H32BF5N4O5/c1-7-21(28(32,33)34)36-15-12-18(30)22(19(31)13-15)24(39)37-20(25(40)41-6)14-16-8-9-17(23-35-10-11-38(16)23)29-42-26(2,3)27(4,5)43-29/h8-13,20-21,36H,7,14H2,1-6H3,(H,37,39)/t20-,21+/m0/s1. The van der Waals surface area contributed by atoms with Gasteiger partial charge in [-0.05, 0) is 52.3 Å². The van der Waals surface area contributed by atoms with Crippen molar-refractivity contribution in [3.05, 3.63) is 59.6 Å². The van der Waals surface area contributed by atoms with Gasteiger partial charge in [0.15, 0.2) is 0 Å². The molecule has 0 spiro atoms. The van der Waals surface area contributed by atoms with Gasteiger partial charge in [0.25, 0.3) is 5.91 Å². The first-order valence-electron chi connectivity index (χ1n) is 13.5. The number of carbonyl (C=O) groups is 2. The molecule has 3 heterocycles. The fourth-order valence-electron chi connectivity index (χ4n) is 4.68. The highest BCUT2D eigenvalue weighted by Gasteiger charge is 2.52. The number of halogens is 5. The summed E-state index contributed by atoms with van der Waals surface area (Å²) in [5.41, 5.74) is -1.19. The number of pyridine rings is 1. The van der Waals surface area contributed by atoms with E-state index < -0.39 is 77.8 Å². The van der Waals surface area contributed by atoms with Gasteiger partial charge in [-0.3, -0.25) is 4.79 Å². The molecule has 1 saturated heterocycles. The van der Waals surface area contributed by atoms with E-state index in [2.05, 4.69) is 10.3 Å². The molecule has 1 amide bonds. The van der Waals surface area contributed by atoms with Gasteiger partial charge in [-0.25, -0.2) is 18.6 Å². The molecule has 0 aliphatic carbocycles. The molecule has 2 atom stereocenters. The molecular formula is C28H32BF5N4O5. The third kappa shape index (κ3) is 6.47. The minimum absolute atomic E-state index is 0.165. The number of aromatic nitrogens is 2. The van der Waals surface area contributed by atoms with E-state index in [1.54, 1.807) is 22.7 Å². The second-order valence-corrected chi connectivity index (χ2v) is 11.2. The number of nitrogens with zero attached hydrogens (tertiary/aromatic N) is 2. The van der Waals surface area contributed by atoms with Crippen LogP contribution < -0.4 is 16.1 Å². The fraction of sp³-hybridized carbons (Fsp3) is 0.464. The Bertz CT molecular complexity index is 1490. The van der Waals surface area contributed by atoms with Crippen LogP contribution in [0.5, 0.6) is 0 Å². The summed E-state index contributed by atoms with van der Waals surface area (Å²) < 4.78 is 87.8. The molecule has 0 saturated carbocycles. The summed E-state index contributed by atoms with van der Waals surface area (Å²) in [6, 6.07) is 1.12. The molecule has 0 radical (unpaired) electrons. The van der Waals surface area contributed by atoms with E-state index in [1.165, 1.54) is 13.1 Å². The summed E-state index contributed by atoms with van der Waals surface area (Å²) in [5.74, 6) is -5.02. The molecule has 1 aliphatic rings. The molecule has 0 unspecified atom stereocenters. The lowest BCUT2D eigenvalue weighted by Crippen LogP contribution is -2.44. The number of hydrogen-bond acceptors (Lipinski definition) is 7. The van der Waals surface area contributed by atoms with E-state index in [0.29, 0.717) is 28.9 Å². The Balaban J connectivity index is 1.58. The number of amides is 1. The smallest absolute Gasteiger partial charge is 0.467 e. The molecule has 232 valence electrons. The third-order valence-electron chi connectivity index (χ3n) is 7.79. The number of anilines is 1. The van der Waals surface area contributed by atoms with Crippen molar-refractivity contribution in [3.63, 3.8) is 0 Å². The van der Waals surface area contributed by atoms with Crippen LogP contribution in [0.3, 0.4) is 0 Å². The molecule has 4 rings (SSSR count). The Morgan fingerprint density at radius 3 is 2.23 bits per heavy atom. The van der Waals surface area contributed by atoms with Crippen molar-refractivity contribution < 1.29 is 45.6 Å². The normalized spacial score (nSPS) is 17.5. The Morgan fingerprint density at radius 1 is 1.09 bits per heavy atom. The SMILES string of the molecule is CC[C@@H](Nc1cc(F)c(C(=O)N[C@@H](Cc2ccc(B3OC(C)(C)C(C)(C)O3)c3nccn23)C(=O)OC)c(F)c1)C(F)(F)F. The number of hydrogen-bond donors (Lipinski definition) is 2. The quantitative estimate of drug-likeness (QED) is 0.213. The van der Waals surface area contributed by atoms with E-state index in [-0.39, 0.29) is 6.42 Å². The molecule has 43 heavy (non-hydrogen) atoms. The Kier molecular flexibility index (Phi) is 8.80. The zero-order chi connectivity index (χ0) is 31.9. The van der Waals surface area contributed by atoms with Gasteiger partial charge in [0, 0.05) is 35.7 Å². The summed E-state index contributed by atoms with van der Waals surface area (Å²) in [6.07, 6.45) is -2.06. The molecule has 0 bridgehead atoms. The van der Waals surface area contributed by atoms with Crippen molar-refractivity contribution in [2.45, 2.75) is 76.9 Å². The molecule has 9 nitrogen and oxygen atoms in total. The largest absolute Gasteiger partial charge is 0.498 e. The average molecular weight is 610 g/mol. The Morgan fingerprint density at radius 2 is 1.70 bits per heavy atom. The van der Waals surface area contributed by atoms with Gasteiger partial charge in [0.05, 0.1) is 18.3 Å². The number of nitrogens with one attached hydrogen (secondary N) is 2. The lowest BCUT2D eigenvalue weighted by Gasteiger charge is -2.32. The van der Waals surface area contributed by atoms with Gasteiger partial charge in [-0.2, -0.15) is 13.2 Å². The van der Waals surface area contributed by atoms with Crippen molar-refractivity contribution >= 4 is 35.8 Å². The number of alkyl halides is 3. The monoisotopic (exact) mass is 610 g/mol. The second kappa shape index (κ2) is 11.8. The Labute approximate surface area is 245 Å². The van der Waals surface area contributed by atoms with E-state index in [1.807, 2.05) is 33.0 Å². The van der Waals surface area contributed by atoms with E-state index >= 15 is 0 Å². The maximum atomic E-state index is 14.9. The first-order valence-corrected chi connectivity index (χ1v) is 13.5. The lowest BCUT2D eigenvalue weighted by atomic mass is 9.79. The van der Waals surface area contributed by atoms with Crippen molar-refractivity contribution in [2.75, 3.05) is 12.4 Å². The highest BCUT2D eigenvalue weighted by Crippen LogP contribution is 2.37. The number of rotatable bonds is 9. The molecule has 2 aromatic heterocycles. The maximum absolute atomic E-state index is 14.9. The summed E-state index contributed by atoms with van der Waals surface area (Å²) in [5, 5.41) is 4.31. The summed E-state index contributed by atoms with van der Waals surface area (Å²) in [7, 11) is 0.356. The van der Waals surface area contributed by atoms with Crippen molar-refractivity contribution in [2.24, 2.45) is 0 Å². The topological polar surface area (TPSA) is 103 Å². The summed E-state index contributed by atoms with van der Waals surface area (Å²) in [6.45, 7) is 8.90. The maximum Gasteiger partial charge on any atom is 0.498 e. The van der Waals surface area contributed by atoms with Gasteiger partial charge in [-0.15, -0.1) is 0 Å². The van der Waals surface area contributed by atoms with Gasteiger partial charge in [-0.1, -0.05) is 13.0 Å². The van der Waals surface area contributed by atoms with Gasteiger partial charge in [0.1, 0.15) is 34.9 Å². The highest BCUT2D eigenvalue weighted by molar-refractivity contribution is 6.64. The molecule has 3 aromatic rings. The van der Waals surface area contributed by atoms with Gasteiger partial charge >= 0.3 is 19.3 Å². The summed E-state index contributed by atoms with van der Waals surface area (Å²) in [4.78, 5) is 30.0. The van der Waals surface area contributed by atoms with Gasteiger partial charge in [0.2, 0.25) is 0 Å². The molecule has 2 N–H and O–H groups in total. The zero-order valence-electron chi connectivity index (χ0n) is 24.4. The minimum Gasteiger partial charge on any atom is -0.467 e. The molecule has 1 aromatic carbocycles. The van der Waals surface area contributed by atoms with E-state index in [4.69, 9.17) is 14.0 Å². The van der Waals surface area contributed by atoms with Crippen LogP contribution in [0.15, 0.2) is 36.7 Å². The zero-order valence-corrected chi connectivity index (χ0v) is 24.4. The number of ether oxygens (including phenoxy) is 1. The average Bonchev–Trinajstić information content (AvgIpc) is 3.47. The fourth-order valence-corrected chi connectivity index (χ4v) is 4.68. The van der Waals surface area contributed by atoms with E-state index in [9.17, 15) is 31.5 Å². The molecular weight excluding hydrogens is 578 g/mol. The number of imidazole rings is 1. The summed E-state index contributed by atoms with van der Waals surface area (Å²) >= 11 is 0. The van der Waals surface area contributed by atoms with Crippen LogP contribution in [0.1, 0.15) is 57.1 Å². The van der Waals surface area contributed by atoms with Crippen LogP contribution in [0, 0.1) is 11.6 Å². The molecule has 1 aliphatic heterocycles. The second-order valence-electron chi connectivity index (χ2n) is 11.2. The van der Waals surface area contributed by atoms with Crippen LogP contribution >= 0.6 is 0 Å². The Hall–Kier alpha value is -3.72. The van der Waals surface area contributed by atoms with Crippen molar-refractivity contribution in [3.8, 4) is 0 Å². The van der Waals surface area contributed by atoms with E-state index in [0.717, 1.165) is 7.11 Å². The predicted octanol–water partition coefficient (Wildman–Crippen LogP) is 4.18. The predicted molar refractivity (Wildman–Crippen MR) is 148 cm³/mol. The lowest BCUT2D eigenvalue weighted by molar-refractivity contribution is -0.143. The van der Waals surface area contributed by atoms with Crippen molar-refractivity contribution in [1.29, 1.82) is 0 Å². The molecule has 15 heteroatoms. The molecule has 1 fully saturated rings. The highest BCUT2D eigenvalue weighted by atomic mass is 19.4. The third-order valence-corrected chi connectivity index (χ3v) is 7.79. The number of esters is 1. The number of fused-ring (bicyclic) bond motifs is 1. The van der Waals surface area contributed by atoms with Crippen LogP contribution in [-0.4, -0.2) is 65.0 Å². The minimum atomic E-state index is -4.66. The van der Waals surface area contributed by atoms with Crippen LogP contribution in [-0.2, 0) is 25.3 Å². The first-order chi connectivity index (χ1) is 20.0. The van der Waals surface area contributed by atoms with Crippen LogP contribution in [0.25, 0.3) is 5.65 Å².